The fraction of sp³-hybridized carbons (Fsp3) is 0.692. The Morgan fingerprint density at radius 3 is 2.94 bits per heavy atom. The molecule has 1 aromatic rings. The van der Waals surface area contributed by atoms with Crippen LogP contribution in [0.4, 0.5) is 5.82 Å². The lowest BCUT2D eigenvalue weighted by molar-refractivity contribution is 0.247. The van der Waals surface area contributed by atoms with E-state index in [9.17, 15) is 0 Å². The fourth-order valence-electron chi connectivity index (χ4n) is 2.43. The normalized spacial score (nSPS) is 21.0. The van der Waals surface area contributed by atoms with E-state index in [4.69, 9.17) is 0 Å². The molecule has 0 aromatic carbocycles. The van der Waals surface area contributed by atoms with Crippen LogP contribution in [-0.2, 0) is 6.42 Å². The Hall–Kier alpha value is -0.680. The SMILES string of the molecule is CCc1nc(Br)cc(N(C)C2CCCN(C)C2)n1. The highest BCUT2D eigenvalue weighted by Crippen LogP contribution is 2.21. The van der Waals surface area contributed by atoms with Gasteiger partial charge in [0.2, 0.25) is 0 Å². The number of hydrogen-bond acceptors (Lipinski definition) is 4. The van der Waals surface area contributed by atoms with Gasteiger partial charge in [0.1, 0.15) is 16.2 Å². The van der Waals surface area contributed by atoms with Gasteiger partial charge in [-0.05, 0) is 42.4 Å². The van der Waals surface area contributed by atoms with Crippen LogP contribution in [0.5, 0.6) is 0 Å². The quantitative estimate of drug-likeness (QED) is 0.802. The summed E-state index contributed by atoms with van der Waals surface area (Å²) < 4.78 is 0.875. The minimum Gasteiger partial charge on any atom is -0.355 e. The maximum Gasteiger partial charge on any atom is 0.133 e. The van der Waals surface area contributed by atoms with Crippen molar-refractivity contribution in [3.8, 4) is 0 Å². The molecule has 0 amide bonds. The monoisotopic (exact) mass is 312 g/mol. The Kier molecular flexibility index (Phi) is 4.56. The molecule has 1 aromatic heterocycles. The topological polar surface area (TPSA) is 32.3 Å². The summed E-state index contributed by atoms with van der Waals surface area (Å²) in [6.45, 7) is 4.40. The zero-order valence-electron chi connectivity index (χ0n) is 11.4. The van der Waals surface area contributed by atoms with Gasteiger partial charge in [0.15, 0.2) is 0 Å². The van der Waals surface area contributed by atoms with E-state index in [0.29, 0.717) is 6.04 Å². The lowest BCUT2D eigenvalue weighted by Crippen LogP contribution is -2.45. The number of likely N-dealkylation sites (N-methyl/N-ethyl adjacent to an activating group) is 2. The first-order valence-corrected chi connectivity index (χ1v) is 7.34. The number of anilines is 1. The molecule has 0 radical (unpaired) electrons. The third kappa shape index (κ3) is 3.20. The van der Waals surface area contributed by atoms with Crippen LogP contribution in [0.2, 0.25) is 0 Å². The smallest absolute Gasteiger partial charge is 0.133 e. The van der Waals surface area contributed by atoms with Gasteiger partial charge < -0.3 is 9.80 Å². The summed E-state index contributed by atoms with van der Waals surface area (Å²) >= 11 is 3.47. The van der Waals surface area contributed by atoms with E-state index in [2.05, 4.69) is 56.7 Å². The molecule has 18 heavy (non-hydrogen) atoms. The van der Waals surface area contributed by atoms with Crippen molar-refractivity contribution >= 4 is 21.7 Å². The van der Waals surface area contributed by atoms with Crippen LogP contribution in [0, 0.1) is 0 Å². The summed E-state index contributed by atoms with van der Waals surface area (Å²) in [6, 6.07) is 2.56. The van der Waals surface area contributed by atoms with Crippen molar-refractivity contribution in [2.45, 2.75) is 32.2 Å². The number of nitrogens with zero attached hydrogens (tertiary/aromatic N) is 4. The molecule has 4 nitrogen and oxygen atoms in total. The Morgan fingerprint density at radius 2 is 2.28 bits per heavy atom. The van der Waals surface area contributed by atoms with Crippen molar-refractivity contribution in [2.24, 2.45) is 0 Å². The van der Waals surface area contributed by atoms with Crippen LogP contribution < -0.4 is 4.90 Å². The van der Waals surface area contributed by atoms with Gasteiger partial charge in [0.25, 0.3) is 0 Å². The van der Waals surface area contributed by atoms with Crippen molar-refractivity contribution in [3.05, 3.63) is 16.5 Å². The van der Waals surface area contributed by atoms with Gasteiger partial charge in [-0.3, -0.25) is 0 Å². The van der Waals surface area contributed by atoms with E-state index in [1.54, 1.807) is 0 Å². The van der Waals surface area contributed by atoms with Crippen LogP contribution in [-0.4, -0.2) is 48.1 Å². The van der Waals surface area contributed by atoms with Crippen molar-refractivity contribution < 1.29 is 0 Å². The van der Waals surface area contributed by atoms with Crippen molar-refractivity contribution in [3.63, 3.8) is 0 Å². The number of aryl methyl sites for hydroxylation is 1. The number of hydrogen-bond donors (Lipinski definition) is 0. The number of aromatic nitrogens is 2. The molecule has 1 aliphatic rings. The Balaban J connectivity index is 2.16. The second-order valence-electron chi connectivity index (χ2n) is 4.99. The Morgan fingerprint density at radius 1 is 1.50 bits per heavy atom. The van der Waals surface area contributed by atoms with Crippen LogP contribution in [0.3, 0.4) is 0 Å². The molecule has 100 valence electrons. The molecule has 0 aliphatic carbocycles. The number of piperidine rings is 1. The highest BCUT2D eigenvalue weighted by atomic mass is 79.9. The first-order valence-electron chi connectivity index (χ1n) is 6.55. The largest absolute Gasteiger partial charge is 0.355 e. The lowest BCUT2D eigenvalue weighted by atomic mass is 10.1. The van der Waals surface area contributed by atoms with Gasteiger partial charge in [-0.15, -0.1) is 0 Å². The number of rotatable bonds is 3. The minimum absolute atomic E-state index is 0.551. The highest BCUT2D eigenvalue weighted by Gasteiger charge is 2.22. The summed E-state index contributed by atoms with van der Waals surface area (Å²) in [7, 11) is 4.32. The molecule has 1 unspecified atom stereocenters. The summed E-state index contributed by atoms with van der Waals surface area (Å²) in [6.07, 6.45) is 3.37. The van der Waals surface area contributed by atoms with Gasteiger partial charge in [0.05, 0.1) is 0 Å². The summed E-state index contributed by atoms with van der Waals surface area (Å²) in [5.41, 5.74) is 0. The van der Waals surface area contributed by atoms with Crippen LogP contribution in [0.25, 0.3) is 0 Å². The first kappa shape index (κ1) is 13.7. The lowest BCUT2D eigenvalue weighted by Gasteiger charge is -2.36. The van der Waals surface area contributed by atoms with Crippen LogP contribution >= 0.6 is 15.9 Å². The minimum atomic E-state index is 0.551. The van der Waals surface area contributed by atoms with Crippen molar-refractivity contribution in [1.82, 2.24) is 14.9 Å². The molecule has 1 aliphatic heterocycles. The third-order valence-electron chi connectivity index (χ3n) is 3.55. The van der Waals surface area contributed by atoms with Crippen LogP contribution in [0.15, 0.2) is 10.7 Å². The zero-order chi connectivity index (χ0) is 13.1. The zero-order valence-corrected chi connectivity index (χ0v) is 12.9. The first-order chi connectivity index (χ1) is 8.60. The molecule has 1 saturated heterocycles. The molecule has 0 saturated carbocycles. The van der Waals surface area contributed by atoms with Crippen molar-refractivity contribution in [1.29, 1.82) is 0 Å². The predicted octanol–water partition coefficient (Wildman–Crippen LogP) is 2.33. The second-order valence-corrected chi connectivity index (χ2v) is 5.80. The van der Waals surface area contributed by atoms with E-state index in [-0.39, 0.29) is 0 Å². The highest BCUT2D eigenvalue weighted by molar-refractivity contribution is 9.10. The van der Waals surface area contributed by atoms with E-state index in [0.717, 1.165) is 29.2 Å². The van der Waals surface area contributed by atoms with E-state index < -0.39 is 0 Å². The van der Waals surface area contributed by atoms with E-state index >= 15 is 0 Å². The Bertz CT molecular complexity index is 410. The summed E-state index contributed by atoms with van der Waals surface area (Å²) in [5.74, 6) is 1.92. The van der Waals surface area contributed by atoms with Gasteiger partial charge in [-0.1, -0.05) is 6.92 Å². The molecule has 5 heteroatoms. The van der Waals surface area contributed by atoms with Gasteiger partial charge in [0, 0.05) is 32.1 Å². The molecular formula is C13H21BrN4. The average molecular weight is 313 g/mol. The molecule has 0 bridgehead atoms. The molecular weight excluding hydrogens is 292 g/mol. The maximum absolute atomic E-state index is 4.62. The number of halogens is 1. The molecule has 0 N–H and O–H groups in total. The van der Waals surface area contributed by atoms with E-state index in [1.807, 2.05) is 6.07 Å². The molecule has 2 rings (SSSR count). The Labute approximate surface area is 118 Å². The standard InChI is InChI=1S/C13H21BrN4/c1-4-12-15-11(14)8-13(16-12)18(3)10-6-5-7-17(2)9-10/h8,10H,4-7,9H2,1-3H3. The second kappa shape index (κ2) is 5.97. The predicted molar refractivity (Wildman–Crippen MR) is 78.0 cm³/mol. The van der Waals surface area contributed by atoms with Gasteiger partial charge in [-0.25, -0.2) is 9.97 Å². The molecule has 0 spiro atoms. The van der Waals surface area contributed by atoms with Gasteiger partial charge >= 0.3 is 0 Å². The fourth-order valence-corrected chi connectivity index (χ4v) is 2.84. The molecule has 1 atom stereocenters. The molecule has 2 heterocycles. The van der Waals surface area contributed by atoms with Gasteiger partial charge in [-0.2, -0.15) is 0 Å². The van der Waals surface area contributed by atoms with Crippen LogP contribution in [0.1, 0.15) is 25.6 Å². The van der Waals surface area contributed by atoms with E-state index in [1.165, 1.54) is 19.4 Å². The molecule has 1 fully saturated rings. The third-order valence-corrected chi connectivity index (χ3v) is 3.96. The summed E-state index contributed by atoms with van der Waals surface area (Å²) in [5, 5.41) is 0. The number of likely N-dealkylation sites (tertiary alicyclic amines) is 1. The summed E-state index contributed by atoms with van der Waals surface area (Å²) in [4.78, 5) is 13.7. The van der Waals surface area contributed by atoms with Crippen molar-refractivity contribution in [2.75, 3.05) is 32.1 Å². The average Bonchev–Trinajstić information content (AvgIpc) is 2.37. The maximum atomic E-state index is 4.62.